The minimum Gasteiger partial charge on any atom is -0.484 e. The maximum absolute atomic E-state index is 12.8. The second-order valence-corrected chi connectivity index (χ2v) is 7.87. The number of sulfonamides is 1. The van der Waals surface area contributed by atoms with Crippen LogP contribution in [-0.4, -0.2) is 48.1 Å². The predicted octanol–water partition coefficient (Wildman–Crippen LogP) is 2.56. The number of ether oxygens (including phenoxy) is 1. The van der Waals surface area contributed by atoms with Crippen molar-refractivity contribution < 1.29 is 17.9 Å². The summed E-state index contributed by atoms with van der Waals surface area (Å²) in [4.78, 5) is 12.6. The van der Waals surface area contributed by atoms with Gasteiger partial charge in [-0.2, -0.15) is 9.40 Å². The van der Waals surface area contributed by atoms with Crippen molar-refractivity contribution in [1.29, 1.82) is 0 Å². The van der Waals surface area contributed by atoms with Crippen LogP contribution in [0, 0.1) is 20.8 Å². The molecule has 0 unspecified atom stereocenters. The molecule has 1 heterocycles. The third-order valence-corrected chi connectivity index (χ3v) is 6.45. The summed E-state index contributed by atoms with van der Waals surface area (Å²) in [6, 6.07) is 7.33. The normalized spacial score (nSPS) is 11.8. The molecular formula is C18H25N3O4S. The van der Waals surface area contributed by atoms with Gasteiger partial charge in [0, 0.05) is 13.1 Å². The van der Waals surface area contributed by atoms with Gasteiger partial charge in [0.1, 0.15) is 10.6 Å². The molecular weight excluding hydrogens is 354 g/mol. The Morgan fingerprint density at radius 1 is 1.12 bits per heavy atom. The highest BCUT2D eigenvalue weighted by molar-refractivity contribution is 7.89. The highest BCUT2D eigenvalue weighted by Gasteiger charge is 2.30. The fourth-order valence-electron chi connectivity index (χ4n) is 2.78. The minimum absolute atomic E-state index is 0.0879. The zero-order valence-corrected chi connectivity index (χ0v) is 16.6. The first-order valence-electron chi connectivity index (χ1n) is 8.51. The first-order chi connectivity index (χ1) is 12.2. The quantitative estimate of drug-likeness (QED) is 0.738. The van der Waals surface area contributed by atoms with E-state index in [1.54, 1.807) is 39.8 Å². The maximum atomic E-state index is 12.8. The van der Waals surface area contributed by atoms with E-state index in [-0.39, 0.29) is 11.5 Å². The van der Waals surface area contributed by atoms with Crippen LogP contribution in [0.5, 0.6) is 5.75 Å². The Kier molecular flexibility index (Phi) is 6.20. The van der Waals surface area contributed by atoms with E-state index >= 15 is 0 Å². The number of aryl methyl sites for hydroxylation is 2. The lowest BCUT2D eigenvalue weighted by Crippen LogP contribution is -2.31. The van der Waals surface area contributed by atoms with Crippen LogP contribution in [0.2, 0.25) is 0 Å². The van der Waals surface area contributed by atoms with Crippen LogP contribution in [0.1, 0.15) is 35.6 Å². The summed E-state index contributed by atoms with van der Waals surface area (Å²) < 4.78 is 33.6. The lowest BCUT2D eigenvalue weighted by molar-refractivity contribution is 0.0818. The summed E-state index contributed by atoms with van der Waals surface area (Å²) >= 11 is 0. The fraction of sp³-hybridized carbons (Fsp3) is 0.444. The Morgan fingerprint density at radius 3 is 2.23 bits per heavy atom. The van der Waals surface area contributed by atoms with Crippen molar-refractivity contribution >= 4 is 15.9 Å². The van der Waals surface area contributed by atoms with Gasteiger partial charge in [0.2, 0.25) is 10.0 Å². The lowest BCUT2D eigenvalue weighted by Gasteiger charge is -2.18. The van der Waals surface area contributed by atoms with Crippen LogP contribution < -0.4 is 4.74 Å². The molecule has 1 aromatic heterocycles. The second kappa shape index (κ2) is 8.01. The molecule has 0 aliphatic heterocycles. The predicted molar refractivity (Wildman–Crippen MR) is 99.1 cm³/mol. The molecule has 0 saturated carbocycles. The summed E-state index contributed by atoms with van der Waals surface area (Å²) in [6.07, 6.45) is 0. The van der Waals surface area contributed by atoms with Crippen LogP contribution in [-0.2, 0) is 10.0 Å². The van der Waals surface area contributed by atoms with Crippen molar-refractivity contribution in [2.75, 3.05) is 19.7 Å². The molecule has 7 nitrogen and oxygen atoms in total. The van der Waals surface area contributed by atoms with Gasteiger partial charge in [-0.25, -0.2) is 13.1 Å². The number of hydrogen-bond acceptors (Lipinski definition) is 5. The Hall–Kier alpha value is -2.19. The van der Waals surface area contributed by atoms with Crippen LogP contribution in [0.3, 0.4) is 0 Å². The van der Waals surface area contributed by atoms with E-state index < -0.39 is 15.9 Å². The second-order valence-electron chi connectivity index (χ2n) is 6.00. The van der Waals surface area contributed by atoms with Crippen molar-refractivity contribution in [3.63, 3.8) is 0 Å². The fourth-order valence-corrected chi connectivity index (χ4v) is 4.59. The third kappa shape index (κ3) is 3.96. The van der Waals surface area contributed by atoms with E-state index in [0.29, 0.717) is 30.2 Å². The number of carbonyl (C=O) groups is 1. The zero-order valence-electron chi connectivity index (χ0n) is 15.8. The van der Waals surface area contributed by atoms with Crippen molar-refractivity contribution in [3.05, 3.63) is 41.2 Å². The average Bonchev–Trinajstić information content (AvgIpc) is 2.90. The van der Waals surface area contributed by atoms with Crippen molar-refractivity contribution in [2.24, 2.45) is 0 Å². The first kappa shape index (κ1) is 20.1. The van der Waals surface area contributed by atoms with E-state index in [4.69, 9.17) is 4.74 Å². The van der Waals surface area contributed by atoms with Crippen LogP contribution >= 0.6 is 0 Å². The molecule has 0 bridgehead atoms. The number of aromatic nitrogens is 2. The maximum Gasteiger partial charge on any atom is 0.285 e. The Labute approximate surface area is 154 Å². The van der Waals surface area contributed by atoms with Crippen molar-refractivity contribution in [1.82, 2.24) is 14.1 Å². The summed E-state index contributed by atoms with van der Waals surface area (Å²) in [5, 5.41) is 4.14. The van der Waals surface area contributed by atoms with Gasteiger partial charge >= 0.3 is 0 Å². The van der Waals surface area contributed by atoms with Gasteiger partial charge in [-0.1, -0.05) is 31.5 Å². The molecule has 0 N–H and O–H groups in total. The van der Waals surface area contributed by atoms with Crippen molar-refractivity contribution in [2.45, 2.75) is 39.5 Å². The summed E-state index contributed by atoms with van der Waals surface area (Å²) in [5.41, 5.74) is 1.69. The molecule has 2 aromatic rings. The summed E-state index contributed by atoms with van der Waals surface area (Å²) in [6.45, 7) is 9.17. The Bertz CT molecular complexity index is 882. The molecule has 0 saturated heterocycles. The zero-order chi connectivity index (χ0) is 19.5. The third-order valence-electron chi connectivity index (χ3n) is 4.15. The van der Waals surface area contributed by atoms with Gasteiger partial charge in [0.15, 0.2) is 6.61 Å². The Morgan fingerprint density at radius 2 is 1.69 bits per heavy atom. The van der Waals surface area contributed by atoms with Gasteiger partial charge in [0.05, 0.1) is 11.4 Å². The minimum atomic E-state index is -3.69. The van der Waals surface area contributed by atoms with Crippen LogP contribution in [0.4, 0.5) is 0 Å². The Balaban J connectivity index is 2.26. The van der Waals surface area contributed by atoms with E-state index in [1.807, 2.05) is 19.1 Å². The SMILES string of the molecule is CCN(CC)S(=O)(=O)c1c(C)nn(C(=O)COc2ccc(C)cc2)c1C. The average molecular weight is 379 g/mol. The van der Waals surface area contributed by atoms with Crippen LogP contribution in [0.15, 0.2) is 29.2 Å². The van der Waals surface area contributed by atoms with E-state index in [1.165, 1.54) is 4.31 Å². The van der Waals surface area contributed by atoms with Gasteiger partial charge in [-0.3, -0.25) is 4.79 Å². The molecule has 26 heavy (non-hydrogen) atoms. The largest absolute Gasteiger partial charge is 0.484 e. The smallest absolute Gasteiger partial charge is 0.285 e. The van der Waals surface area contributed by atoms with E-state index in [2.05, 4.69) is 5.10 Å². The molecule has 0 spiro atoms. The molecule has 0 fully saturated rings. The van der Waals surface area contributed by atoms with Crippen LogP contribution in [0.25, 0.3) is 0 Å². The molecule has 0 atom stereocenters. The summed E-state index contributed by atoms with van der Waals surface area (Å²) in [7, 11) is -3.69. The number of benzene rings is 1. The molecule has 142 valence electrons. The molecule has 2 rings (SSSR count). The van der Waals surface area contributed by atoms with Gasteiger partial charge in [-0.15, -0.1) is 0 Å². The monoisotopic (exact) mass is 379 g/mol. The van der Waals surface area contributed by atoms with Gasteiger partial charge < -0.3 is 4.74 Å². The van der Waals surface area contributed by atoms with Crippen molar-refractivity contribution in [3.8, 4) is 5.75 Å². The lowest BCUT2D eigenvalue weighted by atomic mass is 10.2. The molecule has 1 aromatic carbocycles. The molecule has 8 heteroatoms. The van der Waals surface area contributed by atoms with E-state index in [0.717, 1.165) is 10.2 Å². The van der Waals surface area contributed by atoms with E-state index in [9.17, 15) is 13.2 Å². The number of nitrogens with zero attached hydrogens (tertiary/aromatic N) is 3. The number of hydrogen-bond donors (Lipinski definition) is 0. The number of rotatable bonds is 7. The number of carbonyl (C=O) groups excluding carboxylic acids is 1. The topological polar surface area (TPSA) is 81.5 Å². The molecule has 0 radical (unpaired) electrons. The molecule has 0 aliphatic carbocycles. The summed E-state index contributed by atoms with van der Waals surface area (Å²) in [5.74, 6) is 0.147. The first-order valence-corrected chi connectivity index (χ1v) is 9.95. The standard InChI is InChI=1S/C18H25N3O4S/c1-6-20(7-2)26(23,24)18-14(4)19-21(15(18)5)17(22)12-25-16-10-8-13(3)9-11-16/h8-11H,6-7,12H2,1-5H3. The highest BCUT2D eigenvalue weighted by atomic mass is 32.2. The molecule has 0 aliphatic rings. The van der Waals surface area contributed by atoms with Gasteiger partial charge in [0.25, 0.3) is 5.91 Å². The van der Waals surface area contributed by atoms with Gasteiger partial charge in [-0.05, 0) is 32.9 Å². The highest BCUT2D eigenvalue weighted by Crippen LogP contribution is 2.23. The molecule has 0 amide bonds.